The van der Waals surface area contributed by atoms with E-state index >= 15 is 0 Å². The lowest BCUT2D eigenvalue weighted by atomic mass is 10.3. The van der Waals surface area contributed by atoms with Crippen molar-refractivity contribution >= 4 is 39.2 Å². The molecule has 0 amide bonds. The number of ether oxygens (including phenoxy) is 2. The second kappa shape index (κ2) is 6.08. The van der Waals surface area contributed by atoms with Gasteiger partial charge in [0.2, 0.25) is 11.8 Å². The highest BCUT2D eigenvalue weighted by Gasteiger charge is 2.07. The number of nitrogens with one attached hydrogen (secondary N) is 1. The minimum absolute atomic E-state index is 0.421. The van der Waals surface area contributed by atoms with Crippen LogP contribution in [0.25, 0.3) is 0 Å². The van der Waals surface area contributed by atoms with Crippen LogP contribution in [0.1, 0.15) is 0 Å². The van der Waals surface area contributed by atoms with Crippen LogP contribution in [0.3, 0.4) is 0 Å². The van der Waals surface area contributed by atoms with Gasteiger partial charge in [-0.15, -0.1) is 0 Å². The molecule has 1 aromatic carbocycles. The average molecular weight is 345 g/mol. The van der Waals surface area contributed by atoms with Crippen molar-refractivity contribution in [2.24, 2.45) is 0 Å². The van der Waals surface area contributed by atoms with Gasteiger partial charge in [-0.2, -0.15) is 4.98 Å². The van der Waals surface area contributed by atoms with Crippen LogP contribution in [0.2, 0.25) is 5.02 Å². The number of benzene rings is 1. The smallest absolute Gasteiger partial charge is 0.232 e. The van der Waals surface area contributed by atoms with Crippen LogP contribution < -0.4 is 14.8 Å². The van der Waals surface area contributed by atoms with Crippen LogP contribution in [0.4, 0.5) is 11.6 Å². The summed E-state index contributed by atoms with van der Waals surface area (Å²) in [5.41, 5.74) is 0.769. The van der Waals surface area contributed by atoms with E-state index in [1.54, 1.807) is 32.5 Å². The topological polar surface area (TPSA) is 56.3 Å². The summed E-state index contributed by atoms with van der Waals surface area (Å²) in [6, 6.07) is 5.31. The Hall–Kier alpha value is -1.53. The van der Waals surface area contributed by atoms with Crippen molar-refractivity contribution in [3.63, 3.8) is 0 Å². The fraction of sp³-hybridized carbons (Fsp3) is 0.167. The lowest BCUT2D eigenvalue weighted by Gasteiger charge is -2.09. The Morgan fingerprint density at radius 1 is 1.26 bits per heavy atom. The Morgan fingerprint density at radius 2 is 2.05 bits per heavy atom. The fourth-order valence-corrected chi connectivity index (χ4v) is 1.97. The van der Waals surface area contributed by atoms with Crippen LogP contribution in [0.5, 0.6) is 11.6 Å². The van der Waals surface area contributed by atoms with Gasteiger partial charge in [-0.3, -0.25) is 0 Å². The molecule has 2 aromatic rings. The molecule has 0 saturated carbocycles. The first-order chi connectivity index (χ1) is 9.13. The number of methoxy groups -OCH3 is 2. The van der Waals surface area contributed by atoms with Gasteiger partial charge >= 0.3 is 0 Å². The maximum Gasteiger partial charge on any atom is 0.232 e. The highest BCUT2D eigenvalue weighted by Crippen LogP contribution is 2.29. The number of hydrogen-bond donors (Lipinski definition) is 1. The van der Waals surface area contributed by atoms with Crippen molar-refractivity contribution in [3.8, 4) is 11.6 Å². The Morgan fingerprint density at radius 3 is 2.74 bits per heavy atom. The SMILES string of the molecule is COc1cc(Nc2ncc(Br)c(OC)n2)ccc1Cl. The molecule has 1 aromatic heterocycles. The number of nitrogens with zero attached hydrogens (tertiary/aromatic N) is 2. The average Bonchev–Trinajstić information content (AvgIpc) is 2.43. The zero-order valence-electron chi connectivity index (χ0n) is 10.3. The maximum absolute atomic E-state index is 5.96. The molecule has 0 spiro atoms. The summed E-state index contributed by atoms with van der Waals surface area (Å²) >= 11 is 9.25. The molecular formula is C12H11BrClN3O2. The Kier molecular flexibility index (Phi) is 4.44. The highest BCUT2D eigenvalue weighted by molar-refractivity contribution is 9.10. The normalized spacial score (nSPS) is 10.1. The molecule has 0 aliphatic heterocycles. The van der Waals surface area contributed by atoms with E-state index in [0.717, 1.165) is 5.69 Å². The Balaban J connectivity index is 2.25. The van der Waals surface area contributed by atoms with Crippen molar-refractivity contribution in [1.29, 1.82) is 0 Å². The fourth-order valence-electron chi connectivity index (χ4n) is 1.42. The summed E-state index contributed by atoms with van der Waals surface area (Å²) in [4.78, 5) is 8.34. The summed E-state index contributed by atoms with van der Waals surface area (Å²) in [7, 11) is 3.10. The molecule has 19 heavy (non-hydrogen) atoms. The zero-order valence-corrected chi connectivity index (χ0v) is 12.6. The van der Waals surface area contributed by atoms with Gasteiger partial charge in [0.05, 0.1) is 29.9 Å². The number of hydrogen-bond acceptors (Lipinski definition) is 5. The molecule has 0 aliphatic rings. The molecule has 1 N–H and O–H groups in total. The molecule has 5 nitrogen and oxygen atoms in total. The van der Waals surface area contributed by atoms with Crippen molar-refractivity contribution in [2.45, 2.75) is 0 Å². The molecule has 0 fully saturated rings. The molecule has 0 bridgehead atoms. The van der Waals surface area contributed by atoms with Crippen LogP contribution in [-0.4, -0.2) is 24.2 Å². The molecule has 0 radical (unpaired) electrons. The standard InChI is InChI=1S/C12H11BrClN3O2/c1-18-10-5-7(3-4-9(10)14)16-12-15-6-8(13)11(17-12)19-2/h3-6H,1-2H3,(H,15,16,17). The third-order valence-corrected chi connectivity index (χ3v) is 3.17. The van der Waals surface area contributed by atoms with Crippen LogP contribution in [0, 0.1) is 0 Å². The molecule has 0 unspecified atom stereocenters. The highest BCUT2D eigenvalue weighted by atomic mass is 79.9. The molecule has 100 valence electrons. The summed E-state index contributed by atoms with van der Waals surface area (Å²) in [5, 5.41) is 3.59. The third kappa shape index (κ3) is 3.27. The molecule has 1 heterocycles. The van der Waals surface area contributed by atoms with E-state index in [0.29, 0.717) is 27.1 Å². The Labute approximate surface area is 124 Å². The van der Waals surface area contributed by atoms with E-state index in [4.69, 9.17) is 21.1 Å². The van der Waals surface area contributed by atoms with Crippen LogP contribution in [0.15, 0.2) is 28.9 Å². The maximum atomic E-state index is 5.96. The lowest BCUT2D eigenvalue weighted by Crippen LogP contribution is -1.99. The Bertz CT molecular complexity index is 544. The van der Waals surface area contributed by atoms with E-state index in [1.165, 1.54) is 0 Å². The van der Waals surface area contributed by atoms with Gasteiger partial charge in [0.25, 0.3) is 0 Å². The van der Waals surface area contributed by atoms with E-state index in [9.17, 15) is 0 Å². The molecule has 7 heteroatoms. The summed E-state index contributed by atoms with van der Waals surface area (Å²) in [5.74, 6) is 1.46. The van der Waals surface area contributed by atoms with Gasteiger partial charge in [-0.1, -0.05) is 11.6 Å². The van der Waals surface area contributed by atoms with Crippen molar-refractivity contribution in [3.05, 3.63) is 33.9 Å². The van der Waals surface area contributed by atoms with Crippen molar-refractivity contribution in [2.75, 3.05) is 19.5 Å². The van der Waals surface area contributed by atoms with Crippen LogP contribution >= 0.6 is 27.5 Å². The number of rotatable bonds is 4. The minimum Gasteiger partial charge on any atom is -0.495 e. The first-order valence-corrected chi connectivity index (χ1v) is 6.48. The predicted octanol–water partition coefficient (Wildman–Crippen LogP) is 3.65. The van der Waals surface area contributed by atoms with Gasteiger partial charge in [0.1, 0.15) is 5.75 Å². The number of aromatic nitrogens is 2. The second-order valence-electron chi connectivity index (χ2n) is 3.53. The molecule has 0 atom stereocenters. The summed E-state index contributed by atoms with van der Waals surface area (Å²) < 4.78 is 10.9. The van der Waals surface area contributed by atoms with Gasteiger partial charge in [0.15, 0.2) is 0 Å². The molecular weight excluding hydrogens is 334 g/mol. The second-order valence-corrected chi connectivity index (χ2v) is 4.79. The van der Waals surface area contributed by atoms with E-state index in [1.807, 2.05) is 6.07 Å². The van der Waals surface area contributed by atoms with E-state index in [2.05, 4.69) is 31.2 Å². The molecule has 0 saturated heterocycles. The minimum atomic E-state index is 0.421. The van der Waals surface area contributed by atoms with E-state index < -0.39 is 0 Å². The van der Waals surface area contributed by atoms with Crippen molar-refractivity contribution < 1.29 is 9.47 Å². The molecule has 0 aliphatic carbocycles. The van der Waals surface area contributed by atoms with E-state index in [-0.39, 0.29) is 0 Å². The monoisotopic (exact) mass is 343 g/mol. The number of anilines is 2. The predicted molar refractivity (Wildman–Crippen MR) is 77.6 cm³/mol. The quantitative estimate of drug-likeness (QED) is 0.917. The van der Waals surface area contributed by atoms with Gasteiger partial charge in [-0.05, 0) is 28.1 Å². The molecule has 2 rings (SSSR count). The lowest BCUT2D eigenvalue weighted by molar-refractivity contribution is 0.394. The van der Waals surface area contributed by atoms with Gasteiger partial charge < -0.3 is 14.8 Å². The first kappa shape index (κ1) is 13.9. The zero-order chi connectivity index (χ0) is 13.8. The first-order valence-electron chi connectivity index (χ1n) is 5.31. The van der Waals surface area contributed by atoms with Gasteiger partial charge in [-0.25, -0.2) is 4.98 Å². The van der Waals surface area contributed by atoms with Crippen LogP contribution in [-0.2, 0) is 0 Å². The number of halogens is 2. The summed E-state index contributed by atoms with van der Waals surface area (Å²) in [6.07, 6.45) is 1.61. The van der Waals surface area contributed by atoms with Gasteiger partial charge in [0, 0.05) is 11.8 Å². The van der Waals surface area contributed by atoms with Crippen molar-refractivity contribution in [1.82, 2.24) is 9.97 Å². The largest absolute Gasteiger partial charge is 0.495 e. The third-order valence-electron chi connectivity index (χ3n) is 2.31. The summed E-state index contributed by atoms with van der Waals surface area (Å²) in [6.45, 7) is 0.